The monoisotopic (exact) mass is 279 g/mol. The van der Waals surface area contributed by atoms with Crippen molar-refractivity contribution in [2.24, 2.45) is 0 Å². The van der Waals surface area contributed by atoms with Crippen LogP contribution in [0, 0.1) is 0 Å². The van der Waals surface area contributed by atoms with E-state index in [-0.39, 0.29) is 18.0 Å². The summed E-state index contributed by atoms with van der Waals surface area (Å²) in [5, 5.41) is 8.34. The second-order valence-electron chi connectivity index (χ2n) is 5.14. The van der Waals surface area contributed by atoms with Gasteiger partial charge in [0.05, 0.1) is 6.26 Å². The number of rotatable bonds is 4. The van der Waals surface area contributed by atoms with Crippen molar-refractivity contribution in [3.8, 4) is 0 Å². The molecule has 0 aromatic carbocycles. The summed E-state index contributed by atoms with van der Waals surface area (Å²) >= 11 is 0. The van der Waals surface area contributed by atoms with Gasteiger partial charge in [0.1, 0.15) is 11.8 Å². The van der Waals surface area contributed by atoms with Gasteiger partial charge in [0.25, 0.3) is 0 Å². The number of amides is 3. The van der Waals surface area contributed by atoms with Gasteiger partial charge in [-0.3, -0.25) is 4.79 Å². The fourth-order valence-electron chi connectivity index (χ4n) is 2.28. The fourth-order valence-corrected chi connectivity index (χ4v) is 2.28. The SMILES string of the molecule is C[C@H](Cc1ccco1)NC(=O)N[C@@H]1CCCCNC1=O. The lowest BCUT2D eigenvalue weighted by Crippen LogP contribution is -2.51. The van der Waals surface area contributed by atoms with Gasteiger partial charge in [0, 0.05) is 19.0 Å². The van der Waals surface area contributed by atoms with Crippen molar-refractivity contribution in [3.63, 3.8) is 0 Å². The first kappa shape index (κ1) is 14.4. The van der Waals surface area contributed by atoms with Gasteiger partial charge in [-0.05, 0) is 38.3 Å². The maximum absolute atomic E-state index is 11.9. The van der Waals surface area contributed by atoms with Crippen molar-refractivity contribution in [2.45, 2.75) is 44.7 Å². The Bertz CT molecular complexity index is 445. The molecule has 1 fully saturated rings. The Balaban J connectivity index is 1.77. The first-order valence-corrected chi connectivity index (χ1v) is 7.02. The van der Waals surface area contributed by atoms with Crippen molar-refractivity contribution in [1.82, 2.24) is 16.0 Å². The van der Waals surface area contributed by atoms with E-state index in [0.717, 1.165) is 18.6 Å². The van der Waals surface area contributed by atoms with Crippen LogP contribution in [-0.2, 0) is 11.2 Å². The Morgan fingerprint density at radius 1 is 1.55 bits per heavy atom. The molecule has 1 aliphatic heterocycles. The van der Waals surface area contributed by atoms with E-state index in [1.54, 1.807) is 6.26 Å². The zero-order valence-corrected chi connectivity index (χ0v) is 11.6. The summed E-state index contributed by atoms with van der Waals surface area (Å²) in [6, 6.07) is 2.88. The molecule has 0 saturated carbocycles. The highest BCUT2D eigenvalue weighted by Crippen LogP contribution is 2.06. The highest BCUT2D eigenvalue weighted by molar-refractivity contribution is 5.87. The Kier molecular flexibility index (Phi) is 5.03. The van der Waals surface area contributed by atoms with Crippen LogP contribution in [0.3, 0.4) is 0 Å². The molecule has 3 N–H and O–H groups in total. The molecule has 2 rings (SSSR count). The van der Waals surface area contributed by atoms with Crippen molar-refractivity contribution in [3.05, 3.63) is 24.2 Å². The zero-order chi connectivity index (χ0) is 14.4. The number of carbonyl (C=O) groups is 2. The average molecular weight is 279 g/mol. The molecule has 0 spiro atoms. The van der Waals surface area contributed by atoms with E-state index in [2.05, 4.69) is 16.0 Å². The minimum Gasteiger partial charge on any atom is -0.469 e. The number of hydrogen-bond donors (Lipinski definition) is 3. The first-order chi connectivity index (χ1) is 9.65. The quantitative estimate of drug-likeness (QED) is 0.774. The van der Waals surface area contributed by atoms with Gasteiger partial charge in [0.2, 0.25) is 5.91 Å². The van der Waals surface area contributed by atoms with Gasteiger partial charge in [-0.15, -0.1) is 0 Å². The number of hydrogen-bond acceptors (Lipinski definition) is 3. The third kappa shape index (κ3) is 4.29. The topological polar surface area (TPSA) is 83.4 Å². The van der Waals surface area contributed by atoms with E-state index in [0.29, 0.717) is 19.4 Å². The summed E-state index contributed by atoms with van der Waals surface area (Å²) in [5.41, 5.74) is 0. The second kappa shape index (κ2) is 6.98. The van der Waals surface area contributed by atoms with Gasteiger partial charge in [-0.1, -0.05) is 0 Å². The van der Waals surface area contributed by atoms with E-state index in [1.807, 2.05) is 19.1 Å². The molecule has 0 radical (unpaired) electrons. The Morgan fingerprint density at radius 2 is 2.40 bits per heavy atom. The number of urea groups is 1. The molecular formula is C14H21N3O3. The van der Waals surface area contributed by atoms with Gasteiger partial charge < -0.3 is 20.4 Å². The normalized spacial score (nSPS) is 20.6. The summed E-state index contributed by atoms with van der Waals surface area (Å²) in [6.45, 7) is 2.59. The first-order valence-electron chi connectivity index (χ1n) is 7.02. The zero-order valence-electron chi connectivity index (χ0n) is 11.6. The van der Waals surface area contributed by atoms with Crippen LogP contribution in [0.15, 0.2) is 22.8 Å². The summed E-state index contributed by atoms with van der Waals surface area (Å²) < 4.78 is 5.23. The smallest absolute Gasteiger partial charge is 0.315 e. The van der Waals surface area contributed by atoms with Crippen LogP contribution in [0.4, 0.5) is 4.79 Å². The maximum atomic E-state index is 11.9. The molecular weight excluding hydrogens is 258 g/mol. The molecule has 2 atom stereocenters. The predicted molar refractivity (Wildman–Crippen MR) is 74.2 cm³/mol. The maximum Gasteiger partial charge on any atom is 0.315 e. The summed E-state index contributed by atoms with van der Waals surface area (Å²) in [5.74, 6) is 0.723. The van der Waals surface area contributed by atoms with E-state index < -0.39 is 6.04 Å². The second-order valence-corrected chi connectivity index (χ2v) is 5.14. The van der Waals surface area contributed by atoms with Crippen LogP contribution in [0.2, 0.25) is 0 Å². The Morgan fingerprint density at radius 3 is 3.15 bits per heavy atom. The standard InChI is InChI=1S/C14H21N3O3/c1-10(9-11-5-4-8-20-11)16-14(19)17-12-6-2-3-7-15-13(12)18/h4-5,8,10,12H,2-3,6-7,9H2,1H3,(H,15,18)(H2,16,17,19)/t10-,12-/m1/s1. The largest absolute Gasteiger partial charge is 0.469 e. The van der Waals surface area contributed by atoms with Crippen LogP contribution in [0.1, 0.15) is 31.9 Å². The Labute approximate surface area is 118 Å². The van der Waals surface area contributed by atoms with E-state index in [4.69, 9.17) is 4.42 Å². The third-order valence-corrected chi connectivity index (χ3v) is 3.31. The number of carbonyl (C=O) groups excluding carboxylic acids is 2. The number of furan rings is 1. The minimum absolute atomic E-state index is 0.0602. The van der Waals surface area contributed by atoms with E-state index >= 15 is 0 Å². The Hall–Kier alpha value is -1.98. The number of nitrogens with one attached hydrogen (secondary N) is 3. The lowest BCUT2D eigenvalue weighted by atomic mass is 10.1. The van der Waals surface area contributed by atoms with E-state index in [9.17, 15) is 9.59 Å². The van der Waals surface area contributed by atoms with Crippen molar-refractivity contribution in [1.29, 1.82) is 0 Å². The van der Waals surface area contributed by atoms with Gasteiger partial charge in [-0.25, -0.2) is 4.79 Å². The van der Waals surface area contributed by atoms with Crippen molar-refractivity contribution >= 4 is 11.9 Å². The lowest BCUT2D eigenvalue weighted by molar-refractivity contribution is -0.122. The minimum atomic E-state index is -0.437. The molecule has 0 bridgehead atoms. The highest BCUT2D eigenvalue weighted by Gasteiger charge is 2.22. The van der Waals surface area contributed by atoms with E-state index in [1.165, 1.54) is 0 Å². The van der Waals surface area contributed by atoms with Crippen LogP contribution in [0.5, 0.6) is 0 Å². The average Bonchev–Trinajstić information content (AvgIpc) is 2.81. The third-order valence-electron chi connectivity index (χ3n) is 3.31. The molecule has 1 aromatic heterocycles. The molecule has 1 saturated heterocycles. The molecule has 20 heavy (non-hydrogen) atoms. The van der Waals surface area contributed by atoms with Gasteiger partial charge >= 0.3 is 6.03 Å². The van der Waals surface area contributed by atoms with Crippen LogP contribution >= 0.6 is 0 Å². The van der Waals surface area contributed by atoms with Crippen LogP contribution < -0.4 is 16.0 Å². The summed E-state index contributed by atoms with van der Waals surface area (Å²) in [4.78, 5) is 23.6. The molecule has 3 amide bonds. The van der Waals surface area contributed by atoms with Crippen molar-refractivity contribution in [2.75, 3.05) is 6.54 Å². The highest BCUT2D eigenvalue weighted by atomic mass is 16.3. The van der Waals surface area contributed by atoms with Crippen LogP contribution in [0.25, 0.3) is 0 Å². The fraction of sp³-hybridized carbons (Fsp3) is 0.571. The van der Waals surface area contributed by atoms with Gasteiger partial charge in [-0.2, -0.15) is 0 Å². The molecule has 6 nitrogen and oxygen atoms in total. The molecule has 6 heteroatoms. The van der Waals surface area contributed by atoms with Crippen molar-refractivity contribution < 1.29 is 14.0 Å². The molecule has 0 unspecified atom stereocenters. The molecule has 1 aliphatic rings. The molecule has 2 heterocycles. The molecule has 110 valence electrons. The summed E-state index contributed by atoms with van der Waals surface area (Å²) in [6.07, 6.45) is 4.81. The van der Waals surface area contributed by atoms with Crippen LogP contribution in [-0.4, -0.2) is 30.6 Å². The van der Waals surface area contributed by atoms with Gasteiger partial charge in [0.15, 0.2) is 0 Å². The molecule has 1 aromatic rings. The molecule has 0 aliphatic carbocycles. The summed E-state index contributed by atoms with van der Waals surface area (Å²) in [7, 11) is 0. The lowest BCUT2D eigenvalue weighted by Gasteiger charge is -2.18. The predicted octanol–water partition coefficient (Wildman–Crippen LogP) is 1.18.